The van der Waals surface area contributed by atoms with Gasteiger partial charge in [0.05, 0.1) is 0 Å². The van der Waals surface area contributed by atoms with E-state index in [-0.39, 0.29) is 29.5 Å². The molecule has 0 saturated heterocycles. The maximum Gasteiger partial charge on any atom is 0.256 e. The fraction of sp³-hybridized carbons (Fsp3) is 0.529. The number of carbonyl (C=O) groups excluding carboxylic acids is 4. The molecule has 23 heavy (non-hydrogen) atoms. The molecule has 0 spiro atoms. The lowest BCUT2D eigenvalue weighted by Gasteiger charge is -2.20. The van der Waals surface area contributed by atoms with E-state index in [4.69, 9.17) is 0 Å². The van der Waals surface area contributed by atoms with Crippen LogP contribution in [-0.4, -0.2) is 46.5 Å². The van der Waals surface area contributed by atoms with Crippen LogP contribution in [0.2, 0.25) is 0 Å². The van der Waals surface area contributed by atoms with Crippen molar-refractivity contribution in [3.05, 3.63) is 23.3 Å². The molecule has 2 rings (SSSR count). The van der Waals surface area contributed by atoms with Crippen molar-refractivity contribution in [2.75, 3.05) is 13.1 Å². The summed E-state index contributed by atoms with van der Waals surface area (Å²) in [6.07, 6.45) is 5.13. The Kier molecular flexibility index (Phi) is 5.13. The molecule has 6 nitrogen and oxygen atoms in total. The van der Waals surface area contributed by atoms with Gasteiger partial charge >= 0.3 is 0 Å². The molecule has 1 unspecified atom stereocenters. The topological polar surface area (TPSA) is 74.8 Å². The second-order valence-electron chi connectivity index (χ2n) is 6.30. The normalized spacial score (nSPS) is 19.6. The fourth-order valence-corrected chi connectivity index (χ4v) is 2.83. The fourth-order valence-electron chi connectivity index (χ4n) is 2.83. The first-order valence-electron chi connectivity index (χ1n) is 7.89. The molecule has 0 N–H and O–H groups in total. The van der Waals surface area contributed by atoms with Gasteiger partial charge < -0.3 is 0 Å². The Hall–Kier alpha value is -2.24. The molecule has 6 heteroatoms. The van der Waals surface area contributed by atoms with Crippen molar-refractivity contribution in [1.29, 1.82) is 0 Å². The first kappa shape index (κ1) is 17.1. The predicted octanol–water partition coefficient (Wildman–Crippen LogP) is 1.42. The van der Waals surface area contributed by atoms with E-state index in [2.05, 4.69) is 0 Å². The molecular weight excluding hydrogens is 296 g/mol. The Morgan fingerprint density at radius 2 is 1.39 bits per heavy atom. The van der Waals surface area contributed by atoms with Gasteiger partial charge in [-0.15, -0.1) is 0 Å². The van der Waals surface area contributed by atoms with Gasteiger partial charge in [-0.25, -0.2) is 0 Å². The summed E-state index contributed by atoms with van der Waals surface area (Å²) in [6, 6.07) is 0. The molecule has 0 fully saturated rings. The molecule has 2 aliphatic heterocycles. The average Bonchev–Trinajstić information content (AvgIpc) is 2.86. The number of amides is 4. The highest BCUT2D eigenvalue weighted by Gasteiger charge is 2.29. The van der Waals surface area contributed by atoms with Gasteiger partial charge in [-0.3, -0.25) is 29.0 Å². The van der Waals surface area contributed by atoms with Crippen LogP contribution in [0.25, 0.3) is 0 Å². The van der Waals surface area contributed by atoms with Crippen molar-refractivity contribution in [2.45, 2.75) is 40.0 Å². The Morgan fingerprint density at radius 1 is 0.870 bits per heavy atom. The monoisotopic (exact) mass is 318 g/mol. The summed E-state index contributed by atoms with van der Waals surface area (Å²) in [6.45, 7) is 6.10. The number of nitrogens with zero attached hydrogens (tertiary/aromatic N) is 2. The standard InChI is InChI=1S/C17H22N2O4/c1-11(10-19-15(21)9-13(3)17(19)23)6-4-5-7-18-14(20)8-12(2)16(18)22/h8-9,11H,4-7,10H2,1-3H3. The van der Waals surface area contributed by atoms with Crippen LogP contribution in [0.15, 0.2) is 23.3 Å². The van der Waals surface area contributed by atoms with E-state index >= 15 is 0 Å². The van der Waals surface area contributed by atoms with Gasteiger partial charge in [0, 0.05) is 36.4 Å². The molecule has 124 valence electrons. The summed E-state index contributed by atoms with van der Waals surface area (Å²) in [5.74, 6) is -0.717. The van der Waals surface area contributed by atoms with Crippen molar-refractivity contribution < 1.29 is 19.2 Å². The third kappa shape index (κ3) is 3.75. The average molecular weight is 318 g/mol. The van der Waals surface area contributed by atoms with Gasteiger partial charge in [0.1, 0.15) is 0 Å². The van der Waals surface area contributed by atoms with Crippen molar-refractivity contribution in [1.82, 2.24) is 9.80 Å². The minimum Gasteiger partial charge on any atom is -0.275 e. The second kappa shape index (κ2) is 6.89. The third-order valence-corrected chi connectivity index (χ3v) is 4.20. The minimum absolute atomic E-state index is 0.187. The molecule has 0 bridgehead atoms. The van der Waals surface area contributed by atoms with E-state index in [0.29, 0.717) is 24.2 Å². The molecule has 0 saturated carbocycles. The van der Waals surface area contributed by atoms with E-state index in [9.17, 15) is 19.2 Å². The van der Waals surface area contributed by atoms with E-state index < -0.39 is 0 Å². The SMILES string of the molecule is CC1=CC(=O)N(CCCCC(C)CN2C(=O)C=C(C)C2=O)C1=O. The van der Waals surface area contributed by atoms with E-state index in [1.807, 2.05) is 6.92 Å². The summed E-state index contributed by atoms with van der Waals surface area (Å²) in [4.78, 5) is 49.4. The van der Waals surface area contributed by atoms with Crippen molar-refractivity contribution >= 4 is 23.6 Å². The smallest absolute Gasteiger partial charge is 0.256 e. The van der Waals surface area contributed by atoms with Gasteiger partial charge in [-0.05, 0) is 32.6 Å². The Balaban J connectivity index is 1.69. The van der Waals surface area contributed by atoms with Gasteiger partial charge in [0.25, 0.3) is 23.6 Å². The molecule has 0 aromatic heterocycles. The van der Waals surface area contributed by atoms with Crippen LogP contribution in [-0.2, 0) is 19.2 Å². The molecule has 0 aliphatic carbocycles. The van der Waals surface area contributed by atoms with Crippen LogP contribution in [0.3, 0.4) is 0 Å². The Morgan fingerprint density at radius 3 is 1.87 bits per heavy atom. The summed E-state index contributed by atoms with van der Waals surface area (Å²) in [7, 11) is 0. The maximum atomic E-state index is 11.8. The zero-order valence-corrected chi connectivity index (χ0v) is 13.8. The van der Waals surface area contributed by atoms with Crippen molar-refractivity contribution in [2.24, 2.45) is 5.92 Å². The molecule has 2 aliphatic rings. The first-order chi connectivity index (χ1) is 10.8. The van der Waals surface area contributed by atoms with Crippen LogP contribution in [0.5, 0.6) is 0 Å². The summed E-state index contributed by atoms with van der Waals surface area (Å²) in [5.41, 5.74) is 0.966. The quantitative estimate of drug-likeness (QED) is 0.525. The molecule has 2 heterocycles. The number of unbranched alkanes of at least 4 members (excludes halogenated alkanes) is 1. The largest absolute Gasteiger partial charge is 0.275 e. The summed E-state index contributed by atoms with van der Waals surface area (Å²) >= 11 is 0. The molecule has 1 atom stereocenters. The number of hydrogen-bond acceptors (Lipinski definition) is 4. The minimum atomic E-state index is -0.242. The van der Waals surface area contributed by atoms with Crippen LogP contribution in [0, 0.1) is 5.92 Å². The van der Waals surface area contributed by atoms with Gasteiger partial charge in [-0.1, -0.05) is 13.3 Å². The van der Waals surface area contributed by atoms with Gasteiger partial charge in [-0.2, -0.15) is 0 Å². The van der Waals surface area contributed by atoms with Gasteiger partial charge in [0.15, 0.2) is 0 Å². The second-order valence-corrected chi connectivity index (χ2v) is 6.30. The van der Waals surface area contributed by atoms with Crippen LogP contribution >= 0.6 is 0 Å². The van der Waals surface area contributed by atoms with Crippen molar-refractivity contribution in [3.63, 3.8) is 0 Å². The highest BCUT2D eigenvalue weighted by atomic mass is 16.2. The lowest BCUT2D eigenvalue weighted by Crippen LogP contribution is -2.35. The predicted molar refractivity (Wildman–Crippen MR) is 84.0 cm³/mol. The third-order valence-electron chi connectivity index (χ3n) is 4.20. The number of hydrogen-bond donors (Lipinski definition) is 0. The van der Waals surface area contributed by atoms with Crippen LogP contribution < -0.4 is 0 Å². The number of carbonyl (C=O) groups is 4. The molecule has 0 aromatic carbocycles. The summed E-state index contributed by atoms with van der Waals surface area (Å²) in [5, 5.41) is 0. The zero-order valence-electron chi connectivity index (χ0n) is 13.8. The maximum absolute atomic E-state index is 11.8. The Bertz CT molecular complexity index is 618. The lowest BCUT2D eigenvalue weighted by atomic mass is 10.0. The molecule has 0 radical (unpaired) electrons. The highest BCUT2D eigenvalue weighted by Crippen LogP contribution is 2.18. The van der Waals surface area contributed by atoms with Crippen LogP contribution in [0.4, 0.5) is 0 Å². The number of rotatable bonds is 7. The molecule has 0 aromatic rings. The van der Waals surface area contributed by atoms with E-state index in [1.54, 1.807) is 13.8 Å². The first-order valence-corrected chi connectivity index (χ1v) is 7.89. The van der Waals surface area contributed by atoms with Crippen LogP contribution in [0.1, 0.15) is 40.0 Å². The molecular formula is C17H22N2O4. The summed E-state index contributed by atoms with van der Waals surface area (Å²) < 4.78 is 0. The molecule has 4 amide bonds. The van der Waals surface area contributed by atoms with Crippen molar-refractivity contribution in [3.8, 4) is 0 Å². The lowest BCUT2D eigenvalue weighted by molar-refractivity contribution is -0.139. The number of imide groups is 2. The Labute approximate surface area is 135 Å². The van der Waals surface area contributed by atoms with E-state index in [0.717, 1.165) is 19.3 Å². The van der Waals surface area contributed by atoms with Gasteiger partial charge in [0.2, 0.25) is 0 Å². The zero-order chi connectivity index (χ0) is 17.1. The van der Waals surface area contributed by atoms with E-state index in [1.165, 1.54) is 22.0 Å². The highest BCUT2D eigenvalue weighted by molar-refractivity contribution is 6.16.